The van der Waals surface area contributed by atoms with Gasteiger partial charge in [-0.25, -0.2) is 13.8 Å². The van der Waals surface area contributed by atoms with Crippen LogP contribution in [0.4, 0.5) is 13.9 Å². The highest BCUT2D eigenvalue weighted by molar-refractivity contribution is 7.14. The van der Waals surface area contributed by atoms with Crippen molar-refractivity contribution in [2.24, 2.45) is 5.92 Å². The summed E-state index contributed by atoms with van der Waals surface area (Å²) in [4.78, 5) is 21.9. The van der Waals surface area contributed by atoms with E-state index >= 15 is 0 Å². The quantitative estimate of drug-likeness (QED) is 0.198. The molecule has 2 N–H and O–H groups in total. The summed E-state index contributed by atoms with van der Waals surface area (Å²) >= 11 is 1.49. The number of rotatable bonds is 13. The fraction of sp³-hybridized carbons (Fsp3) is 0.559. The number of nitrogens with one attached hydrogen (secondary N) is 2. The number of aryl methyl sites for hydroxylation is 1. The maximum absolute atomic E-state index is 13.4. The molecule has 2 aliphatic carbocycles. The van der Waals surface area contributed by atoms with Gasteiger partial charge in [0.25, 0.3) is 12.3 Å². The van der Waals surface area contributed by atoms with Gasteiger partial charge in [-0.3, -0.25) is 9.78 Å². The van der Waals surface area contributed by atoms with E-state index in [2.05, 4.69) is 55.2 Å². The van der Waals surface area contributed by atoms with Gasteiger partial charge in [0.05, 0.1) is 30.0 Å². The highest BCUT2D eigenvalue weighted by Gasteiger charge is 2.52. The molecule has 1 amide bonds. The van der Waals surface area contributed by atoms with Crippen molar-refractivity contribution in [2.75, 3.05) is 11.9 Å². The second-order valence-corrected chi connectivity index (χ2v) is 13.3. The van der Waals surface area contributed by atoms with Crippen LogP contribution < -0.4 is 10.6 Å². The van der Waals surface area contributed by atoms with Crippen LogP contribution in [-0.2, 0) is 10.3 Å². The molecule has 240 valence electrons. The summed E-state index contributed by atoms with van der Waals surface area (Å²) in [6, 6.07) is 7.44. The highest BCUT2D eigenvalue weighted by atomic mass is 32.1. The Bertz CT molecular complexity index is 1410. The third-order valence-electron chi connectivity index (χ3n) is 8.20. The minimum atomic E-state index is -2.43. The summed E-state index contributed by atoms with van der Waals surface area (Å²) < 4.78 is 33.9. The molecule has 7 nitrogen and oxygen atoms in total. The molecule has 2 aliphatic rings. The number of alkyl halides is 2. The van der Waals surface area contributed by atoms with E-state index in [1.807, 2.05) is 30.5 Å². The summed E-state index contributed by atoms with van der Waals surface area (Å²) in [5, 5.41) is 9.03. The number of anilines is 1. The van der Waals surface area contributed by atoms with E-state index < -0.39 is 12.0 Å². The number of ether oxygens (including phenoxy) is 1. The Hall–Kier alpha value is -3.11. The van der Waals surface area contributed by atoms with E-state index in [-0.39, 0.29) is 5.91 Å². The van der Waals surface area contributed by atoms with Gasteiger partial charge in [-0.2, -0.15) is 0 Å². The van der Waals surface area contributed by atoms with Crippen LogP contribution in [0.1, 0.15) is 95.6 Å². The summed E-state index contributed by atoms with van der Waals surface area (Å²) in [6.07, 6.45) is 7.78. The second kappa shape index (κ2) is 15.3. The Morgan fingerprint density at radius 1 is 1.09 bits per heavy atom. The van der Waals surface area contributed by atoms with Gasteiger partial charge >= 0.3 is 0 Å². The van der Waals surface area contributed by atoms with E-state index in [1.165, 1.54) is 34.1 Å². The number of nitrogens with zero attached hydrogens (tertiary/aromatic N) is 3. The lowest BCUT2D eigenvalue weighted by Crippen LogP contribution is -2.29. The molecule has 0 aromatic carbocycles. The highest BCUT2D eigenvalue weighted by Crippen LogP contribution is 2.48. The van der Waals surface area contributed by atoms with Crippen LogP contribution in [0, 0.1) is 12.8 Å². The van der Waals surface area contributed by atoms with Gasteiger partial charge in [-0.1, -0.05) is 26.8 Å². The smallest absolute Gasteiger partial charge is 0.261 e. The Morgan fingerprint density at radius 2 is 1.84 bits per heavy atom. The fourth-order valence-corrected chi connectivity index (χ4v) is 5.91. The van der Waals surface area contributed by atoms with E-state index in [1.54, 1.807) is 12.3 Å². The normalized spacial score (nSPS) is 16.5. The van der Waals surface area contributed by atoms with Gasteiger partial charge in [-0.05, 0) is 95.4 Å². The van der Waals surface area contributed by atoms with Crippen molar-refractivity contribution in [3.63, 3.8) is 0 Å². The van der Waals surface area contributed by atoms with Crippen molar-refractivity contribution in [1.29, 1.82) is 0 Å². The number of aromatic nitrogens is 3. The van der Waals surface area contributed by atoms with Crippen molar-refractivity contribution in [3.8, 4) is 11.4 Å². The number of pyridine rings is 1. The van der Waals surface area contributed by atoms with Crippen LogP contribution in [0.15, 0.2) is 53.3 Å². The Kier molecular flexibility index (Phi) is 11.7. The molecule has 0 bridgehead atoms. The Morgan fingerprint density at radius 3 is 2.43 bits per heavy atom. The van der Waals surface area contributed by atoms with E-state index in [9.17, 15) is 13.6 Å². The topological polar surface area (TPSA) is 81.1 Å². The average molecular weight is 628 g/mol. The molecule has 44 heavy (non-hydrogen) atoms. The van der Waals surface area contributed by atoms with Crippen molar-refractivity contribution in [1.82, 2.24) is 19.9 Å². The lowest BCUT2D eigenvalue weighted by Gasteiger charge is -2.22. The number of carbonyl (C=O) groups excluding carboxylic acids is 1. The van der Waals surface area contributed by atoms with Crippen LogP contribution in [0.5, 0.6) is 0 Å². The summed E-state index contributed by atoms with van der Waals surface area (Å²) in [5.41, 5.74) is 4.04. The molecule has 0 radical (unpaired) electrons. The van der Waals surface area contributed by atoms with E-state index in [4.69, 9.17) is 4.74 Å². The predicted molar refractivity (Wildman–Crippen MR) is 174 cm³/mol. The van der Waals surface area contributed by atoms with Crippen molar-refractivity contribution in [3.05, 3.63) is 64.6 Å². The zero-order valence-corrected chi connectivity index (χ0v) is 27.6. The third-order valence-corrected chi connectivity index (χ3v) is 8.96. The first-order valence-electron chi connectivity index (χ1n) is 15.8. The van der Waals surface area contributed by atoms with Crippen LogP contribution >= 0.6 is 11.3 Å². The molecule has 5 rings (SSSR count). The largest absolute Gasteiger partial charge is 0.376 e. The van der Waals surface area contributed by atoms with Crippen LogP contribution in [0.25, 0.3) is 11.4 Å². The first-order valence-corrected chi connectivity index (χ1v) is 16.7. The van der Waals surface area contributed by atoms with E-state index in [0.29, 0.717) is 37.2 Å². The Balaban J connectivity index is 0.000000345. The van der Waals surface area contributed by atoms with Crippen molar-refractivity contribution in [2.45, 2.75) is 111 Å². The zero-order valence-electron chi connectivity index (χ0n) is 26.8. The maximum atomic E-state index is 13.4. The number of amides is 1. The number of carbonyl (C=O) groups is 1. The Labute approximate surface area is 264 Å². The minimum absolute atomic E-state index is 0.276. The molecule has 2 saturated carbocycles. The SMILES string of the molecule is CCC(C)OC(C)CC(C)C.Cc1cccc(-c2csc(NC(CNC(=O)c3ccn(C4(C(F)F)CC4)c3)=C3CCC3)n2)n1. The number of halogens is 2. The van der Waals surface area contributed by atoms with Gasteiger partial charge in [-0.15, -0.1) is 11.3 Å². The number of allylic oxidation sites excluding steroid dienone is 1. The van der Waals surface area contributed by atoms with Gasteiger partial charge < -0.3 is 19.9 Å². The van der Waals surface area contributed by atoms with Gasteiger partial charge in [0, 0.05) is 29.2 Å². The molecule has 0 spiro atoms. The molecule has 0 saturated heterocycles. The van der Waals surface area contributed by atoms with Gasteiger partial charge in [0.15, 0.2) is 5.13 Å². The number of hydrogen-bond acceptors (Lipinski definition) is 6. The van der Waals surface area contributed by atoms with Crippen LogP contribution in [0.3, 0.4) is 0 Å². The summed E-state index contributed by atoms with van der Waals surface area (Å²) in [7, 11) is 0. The summed E-state index contributed by atoms with van der Waals surface area (Å²) in [6.45, 7) is 13.2. The molecule has 10 heteroatoms. The van der Waals surface area contributed by atoms with Gasteiger partial charge in [0.1, 0.15) is 11.2 Å². The summed E-state index contributed by atoms with van der Waals surface area (Å²) in [5.74, 6) is 0.468. The maximum Gasteiger partial charge on any atom is 0.261 e. The third kappa shape index (κ3) is 8.97. The first-order chi connectivity index (χ1) is 21.0. The first kappa shape index (κ1) is 33.8. The molecule has 3 aromatic rings. The molecule has 0 aliphatic heterocycles. The average Bonchev–Trinajstić information content (AvgIpc) is 3.37. The van der Waals surface area contributed by atoms with Crippen LogP contribution in [0.2, 0.25) is 0 Å². The minimum Gasteiger partial charge on any atom is -0.376 e. The standard InChI is InChI=1S/C24H25F2N5OS.C10H22O/c1-15-4-2-7-18(28-15)20-14-33-23(30-20)29-19(16-5-3-6-16)12-27-21(32)17-8-11-31(13-17)24(9-10-24)22(25)26;1-6-9(4)11-10(5)7-8(2)3/h2,4,7-8,11,13-14,22H,3,5-6,9-10,12H2,1H3,(H,27,32)(H,29,30);8-10H,6-7H2,1-5H3. The fourth-order valence-electron chi connectivity index (χ4n) is 5.18. The second-order valence-electron chi connectivity index (χ2n) is 12.5. The van der Waals surface area contributed by atoms with E-state index in [0.717, 1.165) is 59.5 Å². The van der Waals surface area contributed by atoms with Crippen molar-refractivity contribution >= 4 is 22.4 Å². The molecule has 3 aromatic heterocycles. The number of hydrogen-bond donors (Lipinski definition) is 2. The molecule has 2 fully saturated rings. The molecule has 2 unspecified atom stereocenters. The predicted octanol–water partition coefficient (Wildman–Crippen LogP) is 8.59. The lowest BCUT2D eigenvalue weighted by molar-refractivity contribution is -0.00337. The van der Waals surface area contributed by atoms with Gasteiger partial charge in [0.2, 0.25) is 0 Å². The van der Waals surface area contributed by atoms with Crippen LogP contribution in [-0.4, -0.2) is 45.6 Å². The monoisotopic (exact) mass is 627 g/mol. The number of thiazole rings is 1. The molecular weight excluding hydrogens is 580 g/mol. The molecule has 3 heterocycles. The molecular formula is C34H47F2N5O2S. The van der Waals surface area contributed by atoms with Crippen molar-refractivity contribution < 1.29 is 18.3 Å². The molecule has 2 atom stereocenters. The zero-order chi connectivity index (χ0) is 31.9. The lowest BCUT2D eigenvalue weighted by atomic mass is 9.90.